The standard InChI is InChI=1S/C16H17N3O/c1-11-18-15-9-13(17)6-7-16(15)19(11)10-12-4-3-5-14(8-12)20-2/h3-9H,10,17H2,1-2H3. The molecule has 0 spiro atoms. The van der Waals surface area contributed by atoms with Crippen LogP contribution in [0.2, 0.25) is 0 Å². The number of nitrogens with two attached hydrogens (primary N) is 1. The van der Waals surface area contributed by atoms with Gasteiger partial charge in [-0.2, -0.15) is 0 Å². The van der Waals surface area contributed by atoms with Gasteiger partial charge in [0.15, 0.2) is 0 Å². The fraction of sp³-hybridized carbons (Fsp3) is 0.188. The van der Waals surface area contributed by atoms with E-state index in [4.69, 9.17) is 10.5 Å². The summed E-state index contributed by atoms with van der Waals surface area (Å²) in [5.41, 5.74) is 9.76. The predicted molar refractivity (Wildman–Crippen MR) is 81.0 cm³/mol. The Hall–Kier alpha value is -2.49. The number of hydrogen-bond acceptors (Lipinski definition) is 3. The molecule has 0 aliphatic rings. The first kappa shape index (κ1) is 12.5. The van der Waals surface area contributed by atoms with Crippen molar-refractivity contribution >= 4 is 16.7 Å². The van der Waals surface area contributed by atoms with Crippen LogP contribution in [0.25, 0.3) is 11.0 Å². The fourth-order valence-corrected chi connectivity index (χ4v) is 2.42. The molecule has 0 aliphatic heterocycles. The number of anilines is 1. The fourth-order valence-electron chi connectivity index (χ4n) is 2.42. The maximum absolute atomic E-state index is 5.81. The summed E-state index contributed by atoms with van der Waals surface area (Å²) in [7, 11) is 1.68. The Morgan fingerprint density at radius 3 is 2.85 bits per heavy atom. The van der Waals surface area contributed by atoms with E-state index in [1.54, 1.807) is 7.11 Å². The van der Waals surface area contributed by atoms with Gasteiger partial charge >= 0.3 is 0 Å². The third-order valence-electron chi connectivity index (χ3n) is 3.44. The summed E-state index contributed by atoms with van der Waals surface area (Å²) in [6, 6.07) is 13.9. The quantitative estimate of drug-likeness (QED) is 0.742. The number of nitrogen functional groups attached to an aromatic ring is 1. The molecule has 4 nitrogen and oxygen atoms in total. The zero-order chi connectivity index (χ0) is 14.1. The molecule has 102 valence electrons. The zero-order valence-electron chi connectivity index (χ0n) is 11.6. The lowest BCUT2D eigenvalue weighted by Gasteiger charge is -2.08. The molecule has 20 heavy (non-hydrogen) atoms. The minimum atomic E-state index is 0.739. The molecule has 0 radical (unpaired) electrons. The molecular formula is C16H17N3O. The molecule has 0 saturated carbocycles. The third-order valence-corrected chi connectivity index (χ3v) is 3.44. The molecule has 4 heteroatoms. The number of benzene rings is 2. The van der Waals surface area contributed by atoms with E-state index >= 15 is 0 Å². The monoisotopic (exact) mass is 267 g/mol. The van der Waals surface area contributed by atoms with Crippen molar-refractivity contribution in [2.75, 3.05) is 12.8 Å². The Kier molecular flexibility index (Phi) is 3.06. The van der Waals surface area contributed by atoms with Gasteiger partial charge < -0.3 is 15.0 Å². The number of hydrogen-bond donors (Lipinski definition) is 1. The van der Waals surface area contributed by atoms with Gasteiger partial charge in [0.1, 0.15) is 11.6 Å². The average molecular weight is 267 g/mol. The number of nitrogens with zero attached hydrogens (tertiary/aromatic N) is 2. The maximum atomic E-state index is 5.81. The van der Waals surface area contributed by atoms with Gasteiger partial charge in [0.05, 0.1) is 18.1 Å². The predicted octanol–water partition coefficient (Wildman–Crippen LogP) is 2.98. The van der Waals surface area contributed by atoms with Crippen molar-refractivity contribution in [2.24, 2.45) is 0 Å². The zero-order valence-corrected chi connectivity index (χ0v) is 11.6. The first-order chi connectivity index (χ1) is 9.67. The number of aryl methyl sites for hydroxylation is 1. The molecule has 0 unspecified atom stereocenters. The van der Waals surface area contributed by atoms with Gasteiger partial charge in [-0.05, 0) is 42.8 Å². The molecule has 0 aliphatic carbocycles. The molecule has 1 aromatic heterocycles. The highest BCUT2D eigenvalue weighted by Crippen LogP contribution is 2.21. The number of ether oxygens (including phenoxy) is 1. The molecule has 3 aromatic rings. The molecule has 0 atom stereocenters. The summed E-state index contributed by atoms with van der Waals surface area (Å²) in [5, 5.41) is 0. The lowest BCUT2D eigenvalue weighted by molar-refractivity contribution is 0.414. The summed E-state index contributed by atoms with van der Waals surface area (Å²) < 4.78 is 7.45. The number of methoxy groups -OCH3 is 1. The van der Waals surface area contributed by atoms with Crippen LogP contribution in [-0.2, 0) is 6.54 Å². The molecule has 0 amide bonds. The van der Waals surface area contributed by atoms with Crippen molar-refractivity contribution in [3.05, 3.63) is 53.9 Å². The van der Waals surface area contributed by atoms with Crippen molar-refractivity contribution in [3.63, 3.8) is 0 Å². The van der Waals surface area contributed by atoms with Crippen molar-refractivity contribution < 1.29 is 4.74 Å². The lowest BCUT2D eigenvalue weighted by Crippen LogP contribution is -2.02. The van der Waals surface area contributed by atoms with Crippen molar-refractivity contribution in [2.45, 2.75) is 13.5 Å². The van der Waals surface area contributed by atoms with Crippen LogP contribution < -0.4 is 10.5 Å². The molecule has 0 fully saturated rings. The van der Waals surface area contributed by atoms with Crippen LogP contribution in [0.5, 0.6) is 5.75 Å². The van der Waals surface area contributed by atoms with E-state index < -0.39 is 0 Å². The van der Waals surface area contributed by atoms with Crippen LogP contribution in [0, 0.1) is 6.92 Å². The second-order valence-corrected chi connectivity index (χ2v) is 4.84. The van der Waals surface area contributed by atoms with Crippen LogP contribution >= 0.6 is 0 Å². The molecule has 0 saturated heterocycles. The van der Waals surface area contributed by atoms with Crippen molar-refractivity contribution in [3.8, 4) is 5.75 Å². The largest absolute Gasteiger partial charge is 0.497 e. The van der Waals surface area contributed by atoms with Gasteiger partial charge in [-0.15, -0.1) is 0 Å². The van der Waals surface area contributed by atoms with E-state index in [0.717, 1.165) is 34.8 Å². The lowest BCUT2D eigenvalue weighted by atomic mass is 10.2. The highest BCUT2D eigenvalue weighted by molar-refractivity contribution is 5.79. The summed E-state index contributed by atoms with van der Waals surface area (Å²) in [6.45, 7) is 2.78. The second kappa shape index (κ2) is 4.89. The van der Waals surface area contributed by atoms with Crippen LogP contribution in [-0.4, -0.2) is 16.7 Å². The molecule has 0 bridgehead atoms. The van der Waals surface area contributed by atoms with Crippen LogP contribution in [0.3, 0.4) is 0 Å². The summed E-state index contributed by atoms with van der Waals surface area (Å²) in [5.74, 6) is 1.85. The van der Waals surface area contributed by atoms with E-state index in [2.05, 4.69) is 15.6 Å². The van der Waals surface area contributed by atoms with Gasteiger partial charge in [0, 0.05) is 12.2 Å². The molecule has 2 N–H and O–H groups in total. The van der Waals surface area contributed by atoms with Crippen LogP contribution in [0.15, 0.2) is 42.5 Å². The smallest absolute Gasteiger partial charge is 0.119 e. The normalized spacial score (nSPS) is 10.9. The second-order valence-electron chi connectivity index (χ2n) is 4.84. The van der Waals surface area contributed by atoms with Gasteiger partial charge in [-0.25, -0.2) is 4.98 Å². The first-order valence-electron chi connectivity index (χ1n) is 6.52. The van der Waals surface area contributed by atoms with E-state index in [9.17, 15) is 0 Å². The molecular weight excluding hydrogens is 250 g/mol. The summed E-state index contributed by atoms with van der Waals surface area (Å²) in [4.78, 5) is 4.56. The maximum Gasteiger partial charge on any atom is 0.119 e. The summed E-state index contributed by atoms with van der Waals surface area (Å²) in [6.07, 6.45) is 0. The molecule has 1 heterocycles. The molecule has 2 aromatic carbocycles. The highest BCUT2D eigenvalue weighted by Gasteiger charge is 2.08. The Labute approximate surface area is 117 Å². The van der Waals surface area contributed by atoms with E-state index in [-0.39, 0.29) is 0 Å². The van der Waals surface area contributed by atoms with Crippen molar-refractivity contribution in [1.82, 2.24) is 9.55 Å². The highest BCUT2D eigenvalue weighted by atomic mass is 16.5. The van der Waals surface area contributed by atoms with Gasteiger partial charge in [0.25, 0.3) is 0 Å². The minimum Gasteiger partial charge on any atom is -0.497 e. The number of fused-ring (bicyclic) bond motifs is 1. The topological polar surface area (TPSA) is 53.1 Å². The number of rotatable bonds is 3. The Morgan fingerprint density at radius 1 is 1.20 bits per heavy atom. The molecule has 3 rings (SSSR count). The van der Waals surface area contributed by atoms with E-state index in [1.807, 2.05) is 43.3 Å². The minimum absolute atomic E-state index is 0.739. The number of aromatic nitrogens is 2. The van der Waals surface area contributed by atoms with Gasteiger partial charge in [-0.1, -0.05) is 12.1 Å². The Morgan fingerprint density at radius 2 is 2.05 bits per heavy atom. The first-order valence-corrected chi connectivity index (χ1v) is 6.52. The van der Waals surface area contributed by atoms with E-state index in [1.165, 1.54) is 5.56 Å². The van der Waals surface area contributed by atoms with Crippen molar-refractivity contribution in [1.29, 1.82) is 0 Å². The third kappa shape index (κ3) is 2.20. The number of imidazole rings is 1. The average Bonchev–Trinajstić information content (AvgIpc) is 2.74. The SMILES string of the molecule is COc1cccc(Cn2c(C)nc3cc(N)ccc32)c1. The van der Waals surface area contributed by atoms with Crippen LogP contribution in [0.4, 0.5) is 5.69 Å². The van der Waals surface area contributed by atoms with Gasteiger partial charge in [0.2, 0.25) is 0 Å². The Bertz CT molecular complexity index is 762. The summed E-state index contributed by atoms with van der Waals surface area (Å²) >= 11 is 0. The van der Waals surface area contributed by atoms with Crippen LogP contribution in [0.1, 0.15) is 11.4 Å². The van der Waals surface area contributed by atoms with Gasteiger partial charge in [-0.3, -0.25) is 0 Å². The Balaban J connectivity index is 2.03. The van der Waals surface area contributed by atoms with E-state index in [0.29, 0.717) is 0 Å².